The van der Waals surface area contributed by atoms with Gasteiger partial charge in [0, 0.05) is 4.88 Å². The largest absolute Gasteiger partial charge is 0.493 e. The van der Waals surface area contributed by atoms with Gasteiger partial charge < -0.3 is 34.3 Å². The second kappa shape index (κ2) is 9.75. The van der Waals surface area contributed by atoms with Crippen LogP contribution in [0.15, 0.2) is 30.3 Å². The number of nitrogens with one attached hydrogen (secondary N) is 2. The van der Waals surface area contributed by atoms with E-state index < -0.39 is 12.1 Å². The van der Waals surface area contributed by atoms with Crippen LogP contribution in [0.2, 0.25) is 0 Å². The first-order valence-electron chi connectivity index (χ1n) is 10.7. The lowest BCUT2D eigenvalue weighted by Gasteiger charge is -2.27. The highest BCUT2D eigenvalue weighted by Crippen LogP contribution is 2.40. The topological polar surface area (TPSA) is 104 Å². The number of anilines is 1. The van der Waals surface area contributed by atoms with E-state index in [9.17, 15) is 9.59 Å². The molecule has 0 saturated heterocycles. The standard InChI is InChI=1S/C25H26N2O7S/c1-12-13(2)35-24-20(12)23(28)26-22(27-24)14-7-8-16(17(9-14)30-3)34-25(29)15-10-18(31-4)21(33-6)19(11-15)32-5/h7-11,22,27H,1-6H3,(H,26,28). The van der Waals surface area contributed by atoms with Gasteiger partial charge in [-0.05, 0) is 49.2 Å². The first-order chi connectivity index (χ1) is 16.8. The summed E-state index contributed by atoms with van der Waals surface area (Å²) in [4.78, 5) is 26.7. The summed E-state index contributed by atoms with van der Waals surface area (Å²) in [7, 11) is 5.89. The van der Waals surface area contributed by atoms with E-state index >= 15 is 0 Å². The van der Waals surface area contributed by atoms with Crippen LogP contribution in [-0.2, 0) is 0 Å². The summed E-state index contributed by atoms with van der Waals surface area (Å²) >= 11 is 1.54. The maximum atomic E-state index is 12.9. The molecule has 0 bridgehead atoms. The van der Waals surface area contributed by atoms with E-state index in [4.69, 9.17) is 23.7 Å². The molecule has 1 atom stereocenters. The van der Waals surface area contributed by atoms with Gasteiger partial charge in [0.1, 0.15) is 11.2 Å². The van der Waals surface area contributed by atoms with Crippen molar-refractivity contribution in [1.29, 1.82) is 0 Å². The smallest absolute Gasteiger partial charge is 0.343 e. The summed E-state index contributed by atoms with van der Waals surface area (Å²) in [5, 5.41) is 7.16. The number of ether oxygens (including phenoxy) is 5. The number of carbonyl (C=O) groups excluding carboxylic acids is 2. The van der Waals surface area contributed by atoms with Crippen LogP contribution in [0.3, 0.4) is 0 Å². The fourth-order valence-corrected chi connectivity index (χ4v) is 4.93. The van der Waals surface area contributed by atoms with Crippen molar-refractivity contribution in [2.75, 3.05) is 33.8 Å². The number of aryl methyl sites for hydroxylation is 1. The molecule has 2 heterocycles. The molecule has 35 heavy (non-hydrogen) atoms. The van der Waals surface area contributed by atoms with E-state index in [-0.39, 0.29) is 17.2 Å². The van der Waals surface area contributed by atoms with Crippen LogP contribution in [0.5, 0.6) is 28.7 Å². The van der Waals surface area contributed by atoms with Gasteiger partial charge in [-0.3, -0.25) is 4.79 Å². The number of esters is 1. The van der Waals surface area contributed by atoms with Crippen molar-refractivity contribution in [3.8, 4) is 28.7 Å². The van der Waals surface area contributed by atoms with Gasteiger partial charge in [-0.2, -0.15) is 0 Å². The van der Waals surface area contributed by atoms with Gasteiger partial charge in [0.05, 0.1) is 39.6 Å². The minimum Gasteiger partial charge on any atom is -0.493 e. The molecule has 1 unspecified atom stereocenters. The first-order valence-corrected chi connectivity index (χ1v) is 11.5. The highest BCUT2D eigenvalue weighted by atomic mass is 32.1. The summed E-state index contributed by atoms with van der Waals surface area (Å²) in [5.41, 5.74) is 2.60. The number of hydrogen-bond acceptors (Lipinski definition) is 9. The fraction of sp³-hybridized carbons (Fsp3) is 0.280. The van der Waals surface area contributed by atoms with E-state index in [0.29, 0.717) is 28.6 Å². The monoisotopic (exact) mass is 498 g/mol. The van der Waals surface area contributed by atoms with Gasteiger partial charge >= 0.3 is 5.97 Å². The molecule has 1 aromatic heterocycles. The zero-order chi connectivity index (χ0) is 25.3. The minimum absolute atomic E-state index is 0.137. The van der Waals surface area contributed by atoms with Gasteiger partial charge in [0.15, 0.2) is 23.0 Å². The summed E-state index contributed by atoms with van der Waals surface area (Å²) in [5.74, 6) is 0.826. The highest BCUT2D eigenvalue weighted by Gasteiger charge is 2.29. The van der Waals surface area contributed by atoms with Gasteiger partial charge in [-0.25, -0.2) is 4.79 Å². The van der Waals surface area contributed by atoms with Crippen molar-refractivity contribution in [3.05, 3.63) is 57.5 Å². The molecule has 0 saturated carbocycles. The fourth-order valence-electron chi connectivity index (χ4n) is 3.84. The maximum Gasteiger partial charge on any atom is 0.343 e. The second-order valence-electron chi connectivity index (χ2n) is 7.75. The second-order valence-corrected chi connectivity index (χ2v) is 8.98. The zero-order valence-corrected chi connectivity index (χ0v) is 21.0. The lowest BCUT2D eigenvalue weighted by atomic mass is 10.1. The summed E-state index contributed by atoms with van der Waals surface area (Å²) in [6.07, 6.45) is -0.457. The average molecular weight is 499 g/mol. The third kappa shape index (κ3) is 4.44. The molecule has 0 aliphatic carbocycles. The molecule has 0 fully saturated rings. The Morgan fingerprint density at radius 2 is 1.51 bits per heavy atom. The SMILES string of the molecule is COc1cc(C2NC(=O)c3c(sc(C)c3C)N2)ccc1OC(=O)c1cc(OC)c(OC)c(OC)c1. The molecule has 184 valence electrons. The maximum absolute atomic E-state index is 12.9. The normalized spacial score (nSPS) is 14.3. The Kier molecular flexibility index (Phi) is 6.74. The van der Waals surface area contributed by atoms with Crippen LogP contribution in [0.25, 0.3) is 0 Å². The van der Waals surface area contributed by atoms with E-state index in [1.54, 1.807) is 29.5 Å². The number of hydrogen-bond donors (Lipinski definition) is 2. The van der Waals surface area contributed by atoms with Crippen molar-refractivity contribution in [2.45, 2.75) is 20.0 Å². The number of benzene rings is 2. The van der Waals surface area contributed by atoms with Crippen LogP contribution in [0, 0.1) is 13.8 Å². The van der Waals surface area contributed by atoms with Crippen LogP contribution in [0.4, 0.5) is 5.00 Å². The Bertz CT molecular complexity index is 1280. The van der Waals surface area contributed by atoms with Crippen molar-refractivity contribution in [3.63, 3.8) is 0 Å². The van der Waals surface area contributed by atoms with Crippen LogP contribution >= 0.6 is 11.3 Å². The van der Waals surface area contributed by atoms with Gasteiger partial charge in [0.25, 0.3) is 5.91 Å². The van der Waals surface area contributed by atoms with Crippen molar-refractivity contribution >= 4 is 28.2 Å². The Labute approximate surface area is 206 Å². The van der Waals surface area contributed by atoms with Crippen molar-refractivity contribution in [1.82, 2.24) is 5.32 Å². The predicted molar refractivity (Wildman–Crippen MR) is 132 cm³/mol. The number of fused-ring (bicyclic) bond motifs is 1. The number of rotatable bonds is 7. The molecule has 10 heteroatoms. The molecule has 0 spiro atoms. The zero-order valence-electron chi connectivity index (χ0n) is 20.2. The molecule has 1 aliphatic rings. The Balaban J connectivity index is 1.59. The number of carbonyl (C=O) groups is 2. The Morgan fingerprint density at radius 1 is 0.857 bits per heavy atom. The molecule has 2 aromatic carbocycles. The molecule has 3 aromatic rings. The molecule has 9 nitrogen and oxygen atoms in total. The third-order valence-corrected chi connectivity index (χ3v) is 6.93. The minimum atomic E-state index is -0.631. The van der Waals surface area contributed by atoms with Gasteiger partial charge in [0.2, 0.25) is 5.75 Å². The third-order valence-electron chi connectivity index (χ3n) is 5.79. The molecular weight excluding hydrogens is 472 g/mol. The molecule has 1 aliphatic heterocycles. The summed E-state index contributed by atoms with van der Waals surface area (Å²) in [6, 6.07) is 8.12. The lowest BCUT2D eigenvalue weighted by Crippen LogP contribution is -2.38. The van der Waals surface area contributed by atoms with Crippen LogP contribution in [-0.4, -0.2) is 40.3 Å². The van der Waals surface area contributed by atoms with Gasteiger partial charge in [-0.1, -0.05) is 6.07 Å². The van der Waals surface area contributed by atoms with Crippen molar-refractivity contribution < 1.29 is 33.3 Å². The van der Waals surface area contributed by atoms with E-state index in [0.717, 1.165) is 21.0 Å². The lowest BCUT2D eigenvalue weighted by molar-refractivity contribution is 0.0728. The van der Waals surface area contributed by atoms with Crippen LogP contribution < -0.4 is 34.3 Å². The number of amides is 1. The highest BCUT2D eigenvalue weighted by molar-refractivity contribution is 7.16. The first kappa shape index (κ1) is 24.2. The Morgan fingerprint density at radius 3 is 2.11 bits per heavy atom. The molecular formula is C25H26N2O7S. The van der Waals surface area contributed by atoms with E-state index in [2.05, 4.69) is 10.6 Å². The van der Waals surface area contributed by atoms with E-state index in [1.165, 1.54) is 40.6 Å². The van der Waals surface area contributed by atoms with Crippen LogP contribution in [0.1, 0.15) is 42.9 Å². The summed E-state index contributed by atoms with van der Waals surface area (Å²) < 4.78 is 27.0. The van der Waals surface area contributed by atoms with Gasteiger partial charge in [-0.15, -0.1) is 11.3 Å². The molecule has 4 rings (SSSR count). The summed E-state index contributed by atoms with van der Waals surface area (Å²) in [6.45, 7) is 3.93. The quantitative estimate of drug-likeness (QED) is 0.363. The van der Waals surface area contributed by atoms with Crippen molar-refractivity contribution in [2.24, 2.45) is 0 Å². The molecule has 0 radical (unpaired) electrons. The molecule has 2 N–H and O–H groups in total. The number of methoxy groups -OCH3 is 4. The van der Waals surface area contributed by atoms with E-state index in [1.807, 2.05) is 13.8 Å². The average Bonchev–Trinajstić information content (AvgIpc) is 3.16. The Hall–Kier alpha value is -3.92. The number of thiophene rings is 1. The predicted octanol–water partition coefficient (Wildman–Crippen LogP) is 4.47. The molecule has 1 amide bonds.